The standard InChI is InChI=1S/C17H18BrN3O3.ClH/c18-15-8-7-14(24-15)17(23)20-12-5-3-11(4-6-12)16(22)21-13(9-19)10-1-2-10;/h3-8,10,13H,1-2,9,19H2,(H,20,23)(H,21,22);1H. The van der Waals surface area contributed by atoms with E-state index in [0.29, 0.717) is 28.4 Å². The summed E-state index contributed by atoms with van der Waals surface area (Å²) >= 11 is 3.15. The van der Waals surface area contributed by atoms with Crippen LogP contribution >= 0.6 is 28.3 Å². The molecule has 0 spiro atoms. The molecule has 1 heterocycles. The van der Waals surface area contributed by atoms with E-state index in [1.54, 1.807) is 36.4 Å². The van der Waals surface area contributed by atoms with E-state index in [0.717, 1.165) is 12.8 Å². The molecule has 1 fully saturated rings. The number of carbonyl (C=O) groups is 2. The molecule has 1 aliphatic rings. The number of rotatable bonds is 6. The first-order chi connectivity index (χ1) is 11.6. The molecule has 1 unspecified atom stereocenters. The molecule has 134 valence electrons. The average molecular weight is 429 g/mol. The van der Waals surface area contributed by atoms with E-state index >= 15 is 0 Å². The fourth-order valence-electron chi connectivity index (χ4n) is 2.45. The zero-order chi connectivity index (χ0) is 17.1. The van der Waals surface area contributed by atoms with Crippen LogP contribution in [-0.4, -0.2) is 24.4 Å². The number of hydrogen-bond donors (Lipinski definition) is 3. The maximum atomic E-state index is 12.2. The lowest BCUT2D eigenvalue weighted by atomic mass is 10.1. The van der Waals surface area contributed by atoms with Gasteiger partial charge in [-0.1, -0.05) is 0 Å². The Balaban J connectivity index is 0.00000225. The summed E-state index contributed by atoms with van der Waals surface area (Å²) in [4.78, 5) is 24.2. The van der Waals surface area contributed by atoms with Gasteiger partial charge in [-0.15, -0.1) is 12.4 Å². The normalized spacial score (nSPS) is 14.3. The van der Waals surface area contributed by atoms with Crippen LogP contribution in [0, 0.1) is 5.92 Å². The Morgan fingerprint density at radius 2 is 1.84 bits per heavy atom. The molecule has 1 aromatic carbocycles. The third-order valence-corrected chi connectivity index (χ3v) is 4.39. The van der Waals surface area contributed by atoms with Crippen molar-refractivity contribution >= 4 is 45.8 Å². The number of furan rings is 1. The predicted molar refractivity (Wildman–Crippen MR) is 101 cm³/mol. The van der Waals surface area contributed by atoms with Gasteiger partial charge in [-0.25, -0.2) is 0 Å². The van der Waals surface area contributed by atoms with Crippen LogP contribution in [0.3, 0.4) is 0 Å². The van der Waals surface area contributed by atoms with Gasteiger partial charge in [0.2, 0.25) is 0 Å². The van der Waals surface area contributed by atoms with E-state index in [1.165, 1.54) is 0 Å². The second-order valence-corrected chi connectivity index (χ2v) is 6.57. The van der Waals surface area contributed by atoms with Gasteiger partial charge in [-0.05, 0) is 71.1 Å². The molecule has 2 amide bonds. The summed E-state index contributed by atoms with van der Waals surface area (Å²) in [5.74, 6) is 0.212. The fraction of sp³-hybridized carbons (Fsp3) is 0.294. The lowest BCUT2D eigenvalue weighted by molar-refractivity contribution is 0.0933. The van der Waals surface area contributed by atoms with Gasteiger partial charge in [0.15, 0.2) is 10.4 Å². The SMILES string of the molecule is Cl.NCC(NC(=O)c1ccc(NC(=O)c2ccc(Br)o2)cc1)C1CC1. The van der Waals surface area contributed by atoms with Gasteiger partial charge in [-0.3, -0.25) is 9.59 Å². The van der Waals surface area contributed by atoms with E-state index in [9.17, 15) is 9.59 Å². The summed E-state index contributed by atoms with van der Waals surface area (Å²) in [5.41, 5.74) is 6.82. The van der Waals surface area contributed by atoms with Crippen LogP contribution in [0.25, 0.3) is 0 Å². The molecule has 0 radical (unpaired) electrons. The molecule has 2 aromatic rings. The maximum Gasteiger partial charge on any atom is 0.291 e. The molecule has 25 heavy (non-hydrogen) atoms. The monoisotopic (exact) mass is 427 g/mol. The third-order valence-electron chi connectivity index (χ3n) is 3.96. The Bertz CT molecular complexity index is 744. The number of hydrogen-bond acceptors (Lipinski definition) is 4. The van der Waals surface area contributed by atoms with Gasteiger partial charge in [0.25, 0.3) is 11.8 Å². The van der Waals surface area contributed by atoms with Crippen LogP contribution in [0.1, 0.15) is 33.8 Å². The number of benzene rings is 1. The largest absolute Gasteiger partial charge is 0.444 e. The number of anilines is 1. The number of carbonyl (C=O) groups excluding carboxylic acids is 2. The number of nitrogens with one attached hydrogen (secondary N) is 2. The zero-order valence-electron chi connectivity index (χ0n) is 13.3. The van der Waals surface area contributed by atoms with Gasteiger partial charge in [0, 0.05) is 23.8 Å². The minimum Gasteiger partial charge on any atom is -0.444 e. The first kappa shape index (κ1) is 19.5. The molecular formula is C17H19BrClN3O3. The van der Waals surface area contributed by atoms with Crippen molar-refractivity contribution in [3.63, 3.8) is 0 Å². The van der Waals surface area contributed by atoms with Gasteiger partial charge in [0.05, 0.1) is 0 Å². The van der Waals surface area contributed by atoms with Crippen LogP contribution in [-0.2, 0) is 0 Å². The van der Waals surface area contributed by atoms with Crippen LogP contribution in [0.2, 0.25) is 0 Å². The molecule has 1 saturated carbocycles. The van der Waals surface area contributed by atoms with Crippen molar-refractivity contribution in [2.45, 2.75) is 18.9 Å². The van der Waals surface area contributed by atoms with Crippen molar-refractivity contribution in [3.8, 4) is 0 Å². The summed E-state index contributed by atoms with van der Waals surface area (Å²) in [7, 11) is 0. The smallest absolute Gasteiger partial charge is 0.291 e. The van der Waals surface area contributed by atoms with E-state index < -0.39 is 0 Å². The first-order valence-electron chi connectivity index (χ1n) is 7.74. The molecule has 4 N–H and O–H groups in total. The topological polar surface area (TPSA) is 97.4 Å². The molecular weight excluding hydrogens is 410 g/mol. The Labute approximate surface area is 160 Å². The van der Waals surface area contributed by atoms with E-state index in [-0.39, 0.29) is 36.0 Å². The van der Waals surface area contributed by atoms with Crippen molar-refractivity contribution in [2.75, 3.05) is 11.9 Å². The lowest BCUT2D eigenvalue weighted by Gasteiger charge is -2.16. The number of halogens is 2. The van der Waals surface area contributed by atoms with Crippen molar-refractivity contribution in [1.29, 1.82) is 0 Å². The molecule has 3 rings (SSSR count). The Morgan fingerprint density at radius 1 is 1.16 bits per heavy atom. The van der Waals surface area contributed by atoms with Gasteiger partial charge < -0.3 is 20.8 Å². The average Bonchev–Trinajstić information content (AvgIpc) is 3.33. The quantitative estimate of drug-likeness (QED) is 0.658. The van der Waals surface area contributed by atoms with Crippen LogP contribution in [0.4, 0.5) is 5.69 Å². The van der Waals surface area contributed by atoms with Gasteiger partial charge in [-0.2, -0.15) is 0 Å². The molecule has 0 bridgehead atoms. The molecule has 8 heteroatoms. The van der Waals surface area contributed by atoms with Crippen LogP contribution in [0.5, 0.6) is 0 Å². The predicted octanol–water partition coefficient (Wildman–Crippen LogP) is 3.18. The highest BCUT2D eigenvalue weighted by molar-refractivity contribution is 9.10. The summed E-state index contributed by atoms with van der Waals surface area (Å²) in [5, 5.41) is 5.67. The molecule has 6 nitrogen and oxygen atoms in total. The van der Waals surface area contributed by atoms with Crippen molar-refractivity contribution in [1.82, 2.24) is 5.32 Å². The Kier molecular flexibility index (Phi) is 6.64. The number of nitrogens with two attached hydrogens (primary N) is 1. The minimum absolute atomic E-state index is 0. The first-order valence-corrected chi connectivity index (χ1v) is 8.54. The highest BCUT2D eigenvalue weighted by atomic mass is 79.9. The van der Waals surface area contributed by atoms with Crippen molar-refractivity contribution < 1.29 is 14.0 Å². The van der Waals surface area contributed by atoms with Gasteiger partial charge in [0.1, 0.15) is 0 Å². The van der Waals surface area contributed by atoms with E-state index in [1.807, 2.05) is 0 Å². The Morgan fingerprint density at radius 3 is 2.36 bits per heavy atom. The highest BCUT2D eigenvalue weighted by Gasteiger charge is 2.31. The van der Waals surface area contributed by atoms with Crippen molar-refractivity contribution in [2.24, 2.45) is 11.7 Å². The molecule has 0 aliphatic heterocycles. The summed E-state index contributed by atoms with van der Waals surface area (Å²) in [6.07, 6.45) is 2.24. The molecule has 0 saturated heterocycles. The lowest BCUT2D eigenvalue weighted by Crippen LogP contribution is -2.41. The van der Waals surface area contributed by atoms with Gasteiger partial charge >= 0.3 is 0 Å². The highest BCUT2D eigenvalue weighted by Crippen LogP contribution is 2.32. The number of amides is 2. The second-order valence-electron chi connectivity index (χ2n) is 5.79. The molecule has 1 atom stereocenters. The van der Waals surface area contributed by atoms with Crippen LogP contribution in [0.15, 0.2) is 45.5 Å². The minimum atomic E-state index is -0.352. The fourth-order valence-corrected chi connectivity index (χ4v) is 2.76. The maximum absolute atomic E-state index is 12.2. The third kappa shape index (κ3) is 5.07. The molecule has 1 aliphatic carbocycles. The van der Waals surface area contributed by atoms with E-state index in [2.05, 4.69) is 26.6 Å². The van der Waals surface area contributed by atoms with Crippen molar-refractivity contribution in [3.05, 3.63) is 52.4 Å². The molecule has 1 aromatic heterocycles. The second kappa shape index (κ2) is 8.51. The van der Waals surface area contributed by atoms with Crippen LogP contribution < -0.4 is 16.4 Å². The summed E-state index contributed by atoms with van der Waals surface area (Å²) < 4.78 is 5.68. The zero-order valence-corrected chi connectivity index (χ0v) is 15.7. The Hall–Kier alpha value is -1.83. The summed E-state index contributed by atoms with van der Waals surface area (Å²) in [6, 6.07) is 9.96. The van der Waals surface area contributed by atoms with E-state index in [4.69, 9.17) is 10.2 Å². The summed E-state index contributed by atoms with van der Waals surface area (Å²) in [6.45, 7) is 0.448.